The molecule has 6 aromatic rings. The Morgan fingerprint density at radius 1 is 0.844 bits per heavy atom. The second-order valence-corrected chi connectivity index (χ2v) is 8.39. The lowest BCUT2D eigenvalue weighted by atomic mass is 10.1. The van der Waals surface area contributed by atoms with Gasteiger partial charge >= 0.3 is 0 Å². The van der Waals surface area contributed by atoms with Gasteiger partial charge in [0, 0.05) is 34.1 Å². The Bertz CT molecular complexity index is 1610. The monoisotopic (exact) mass is 418 g/mol. The van der Waals surface area contributed by atoms with Crippen LogP contribution in [-0.2, 0) is 0 Å². The minimum atomic E-state index is 0.249. The fourth-order valence-electron chi connectivity index (χ4n) is 4.48. The lowest BCUT2D eigenvalue weighted by molar-refractivity contribution is 0.622. The number of aromatic nitrogens is 4. The molecule has 156 valence electrons. The van der Waals surface area contributed by atoms with Gasteiger partial charge in [-0.3, -0.25) is 4.98 Å². The van der Waals surface area contributed by atoms with Crippen molar-refractivity contribution in [3.63, 3.8) is 0 Å². The van der Waals surface area contributed by atoms with Crippen molar-refractivity contribution < 1.29 is 4.42 Å². The van der Waals surface area contributed by atoms with Crippen LogP contribution in [0.2, 0.25) is 0 Å². The Morgan fingerprint density at radius 3 is 2.47 bits per heavy atom. The van der Waals surface area contributed by atoms with E-state index in [4.69, 9.17) is 14.4 Å². The molecule has 6 rings (SSSR count). The van der Waals surface area contributed by atoms with Crippen molar-refractivity contribution in [3.8, 4) is 22.6 Å². The SMILES string of the molecule is Cc1nccc2nc(-c3ccc4c(c3)oc3nc(-c5ccccc5)ccc34)n(C(C)C)c12. The molecule has 0 N–H and O–H groups in total. The average molecular weight is 419 g/mol. The molecular weight excluding hydrogens is 396 g/mol. The normalized spacial score (nSPS) is 11.9. The zero-order chi connectivity index (χ0) is 21.8. The smallest absolute Gasteiger partial charge is 0.227 e. The minimum Gasteiger partial charge on any atom is -0.438 e. The third-order valence-corrected chi connectivity index (χ3v) is 5.96. The second-order valence-electron chi connectivity index (χ2n) is 8.39. The molecule has 5 heteroatoms. The van der Waals surface area contributed by atoms with E-state index in [1.807, 2.05) is 37.4 Å². The first-order chi connectivity index (χ1) is 15.6. The molecule has 0 atom stereocenters. The summed E-state index contributed by atoms with van der Waals surface area (Å²) in [5.74, 6) is 0.923. The number of rotatable bonds is 3. The van der Waals surface area contributed by atoms with Gasteiger partial charge in [-0.2, -0.15) is 0 Å². The van der Waals surface area contributed by atoms with E-state index in [2.05, 4.69) is 65.9 Å². The maximum absolute atomic E-state index is 6.21. The molecule has 0 amide bonds. The zero-order valence-electron chi connectivity index (χ0n) is 18.2. The van der Waals surface area contributed by atoms with E-state index >= 15 is 0 Å². The van der Waals surface area contributed by atoms with Crippen LogP contribution in [0.3, 0.4) is 0 Å². The molecule has 0 unspecified atom stereocenters. The van der Waals surface area contributed by atoms with Crippen LogP contribution in [0.15, 0.2) is 77.3 Å². The van der Waals surface area contributed by atoms with E-state index in [-0.39, 0.29) is 6.04 Å². The van der Waals surface area contributed by atoms with Crippen molar-refractivity contribution in [1.29, 1.82) is 0 Å². The quantitative estimate of drug-likeness (QED) is 0.312. The summed E-state index contributed by atoms with van der Waals surface area (Å²) in [5, 5.41) is 2.07. The summed E-state index contributed by atoms with van der Waals surface area (Å²) in [4.78, 5) is 14.2. The Hall–Kier alpha value is -3.99. The fraction of sp³-hybridized carbons (Fsp3) is 0.148. The summed E-state index contributed by atoms with van der Waals surface area (Å²) >= 11 is 0. The minimum absolute atomic E-state index is 0.249. The fourth-order valence-corrected chi connectivity index (χ4v) is 4.48. The van der Waals surface area contributed by atoms with Crippen LogP contribution in [0.4, 0.5) is 0 Å². The number of benzene rings is 2. The summed E-state index contributed by atoms with van der Waals surface area (Å²) in [6.07, 6.45) is 1.82. The van der Waals surface area contributed by atoms with E-state index < -0.39 is 0 Å². The van der Waals surface area contributed by atoms with Crippen LogP contribution in [-0.4, -0.2) is 19.5 Å². The van der Waals surface area contributed by atoms with Gasteiger partial charge in [-0.25, -0.2) is 9.97 Å². The Kier molecular flexibility index (Phi) is 4.12. The maximum Gasteiger partial charge on any atom is 0.227 e. The zero-order valence-corrected chi connectivity index (χ0v) is 18.2. The van der Waals surface area contributed by atoms with Gasteiger partial charge < -0.3 is 8.98 Å². The van der Waals surface area contributed by atoms with Crippen LogP contribution in [0.1, 0.15) is 25.6 Å². The molecule has 0 spiro atoms. The number of hydrogen-bond acceptors (Lipinski definition) is 4. The van der Waals surface area contributed by atoms with Crippen LogP contribution >= 0.6 is 0 Å². The number of aryl methyl sites for hydroxylation is 1. The van der Waals surface area contributed by atoms with Gasteiger partial charge in [-0.1, -0.05) is 36.4 Å². The molecule has 0 aliphatic carbocycles. The van der Waals surface area contributed by atoms with Crippen LogP contribution in [0.25, 0.3) is 55.7 Å². The molecule has 0 saturated carbocycles. The number of hydrogen-bond donors (Lipinski definition) is 0. The van der Waals surface area contributed by atoms with Gasteiger partial charge in [-0.15, -0.1) is 0 Å². The molecule has 0 bridgehead atoms. The first-order valence-corrected chi connectivity index (χ1v) is 10.8. The predicted octanol–water partition coefficient (Wildman–Crippen LogP) is 6.95. The van der Waals surface area contributed by atoms with Crippen molar-refractivity contribution in [1.82, 2.24) is 19.5 Å². The lowest BCUT2D eigenvalue weighted by Crippen LogP contribution is -2.04. The second kappa shape index (κ2) is 7.02. The van der Waals surface area contributed by atoms with Crippen molar-refractivity contribution in [2.24, 2.45) is 0 Å². The highest BCUT2D eigenvalue weighted by Crippen LogP contribution is 2.35. The standard InChI is InChI=1S/C27H22N4O/c1-16(2)31-25-17(3)28-14-13-23(25)29-26(31)19-9-10-20-21-11-12-22(18-7-5-4-6-8-18)30-27(21)32-24(20)15-19/h4-16H,1-3H3. The Balaban J connectivity index is 1.54. The van der Waals surface area contributed by atoms with Crippen molar-refractivity contribution in [2.75, 3.05) is 0 Å². The van der Waals surface area contributed by atoms with E-state index in [9.17, 15) is 0 Å². The first-order valence-electron chi connectivity index (χ1n) is 10.8. The Morgan fingerprint density at radius 2 is 1.66 bits per heavy atom. The first kappa shape index (κ1) is 18.8. The number of furan rings is 1. The van der Waals surface area contributed by atoms with Crippen molar-refractivity contribution in [3.05, 3.63) is 78.6 Å². The molecular formula is C27H22N4O. The van der Waals surface area contributed by atoms with Crippen LogP contribution in [0.5, 0.6) is 0 Å². The summed E-state index contributed by atoms with van der Waals surface area (Å²) in [7, 11) is 0. The third kappa shape index (κ3) is 2.82. The lowest BCUT2D eigenvalue weighted by Gasteiger charge is -2.14. The molecule has 0 fully saturated rings. The van der Waals surface area contributed by atoms with Gasteiger partial charge in [0.2, 0.25) is 5.71 Å². The molecule has 0 radical (unpaired) electrons. The molecule has 2 aromatic carbocycles. The van der Waals surface area contributed by atoms with E-state index in [1.165, 1.54) is 0 Å². The van der Waals surface area contributed by atoms with Crippen molar-refractivity contribution in [2.45, 2.75) is 26.8 Å². The molecule has 0 saturated heterocycles. The van der Waals surface area contributed by atoms with Gasteiger partial charge in [0.1, 0.15) is 11.4 Å². The molecule has 32 heavy (non-hydrogen) atoms. The predicted molar refractivity (Wildman–Crippen MR) is 129 cm³/mol. The largest absolute Gasteiger partial charge is 0.438 e. The summed E-state index contributed by atoms with van der Waals surface area (Å²) in [6, 6.07) is 22.8. The van der Waals surface area contributed by atoms with E-state index in [1.54, 1.807) is 0 Å². The molecule has 5 nitrogen and oxygen atoms in total. The molecule has 4 aromatic heterocycles. The highest BCUT2D eigenvalue weighted by Gasteiger charge is 2.18. The van der Waals surface area contributed by atoms with E-state index in [0.717, 1.165) is 55.7 Å². The van der Waals surface area contributed by atoms with Gasteiger partial charge in [0.15, 0.2) is 0 Å². The third-order valence-electron chi connectivity index (χ3n) is 5.96. The number of pyridine rings is 2. The number of imidazole rings is 1. The summed E-state index contributed by atoms with van der Waals surface area (Å²) < 4.78 is 8.47. The van der Waals surface area contributed by atoms with Gasteiger partial charge in [0.05, 0.1) is 22.4 Å². The van der Waals surface area contributed by atoms with Crippen LogP contribution in [0, 0.1) is 6.92 Å². The Labute approximate surface area is 185 Å². The number of fused-ring (bicyclic) bond motifs is 4. The van der Waals surface area contributed by atoms with Gasteiger partial charge in [0.25, 0.3) is 0 Å². The highest BCUT2D eigenvalue weighted by molar-refractivity contribution is 6.05. The molecule has 4 heterocycles. The number of nitrogens with zero attached hydrogens (tertiary/aromatic N) is 4. The molecule has 0 aliphatic heterocycles. The maximum atomic E-state index is 6.21. The highest BCUT2D eigenvalue weighted by atomic mass is 16.3. The van der Waals surface area contributed by atoms with Gasteiger partial charge in [-0.05, 0) is 51.1 Å². The topological polar surface area (TPSA) is 56.7 Å². The van der Waals surface area contributed by atoms with Crippen molar-refractivity contribution >= 4 is 33.1 Å². The summed E-state index contributed by atoms with van der Waals surface area (Å²) in [5.41, 5.74) is 7.48. The molecule has 0 aliphatic rings. The van der Waals surface area contributed by atoms with E-state index in [0.29, 0.717) is 5.71 Å². The average Bonchev–Trinajstić information content (AvgIpc) is 3.38. The van der Waals surface area contributed by atoms with Crippen LogP contribution < -0.4 is 0 Å². The summed E-state index contributed by atoms with van der Waals surface area (Å²) in [6.45, 7) is 6.38.